The van der Waals surface area contributed by atoms with Gasteiger partial charge in [-0.3, -0.25) is 18.6 Å². The van der Waals surface area contributed by atoms with Crippen molar-refractivity contribution in [2.45, 2.75) is 11.0 Å². The van der Waals surface area contributed by atoms with E-state index in [-0.39, 0.29) is 28.6 Å². The molecule has 0 amide bonds. The molecule has 0 bridgehead atoms. The van der Waals surface area contributed by atoms with E-state index in [1.807, 2.05) is 0 Å². The van der Waals surface area contributed by atoms with Gasteiger partial charge in [0.25, 0.3) is 25.8 Å². The number of hydrogen-bond acceptors (Lipinski definition) is 8. The van der Waals surface area contributed by atoms with Gasteiger partial charge in [0.05, 0.1) is 22.6 Å². The van der Waals surface area contributed by atoms with Crippen LogP contribution in [0.2, 0.25) is 0 Å². The third kappa shape index (κ3) is 4.24. The number of ether oxygens (including phenoxy) is 1. The second kappa shape index (κ2) is 7.37. The molecule has 0 spiro atoms. The van der Waals surface area contributed by atoms with Gasteiger partial charge < -0.3 is 4.74 Å². The second-order valence-electron chi connectivity index (χ2n) is 5.99. The summed E-state index contributed by atoms with van der Waals surface area (Å²) >= 11 is 0. The number of sulfonamides is 1. The highest BCUT2D eigenvalue weighted by atomic mass is 32.2. The first-order valence-corrected chi connectivity index (χ1v) is 11.2. The number of nitrogens with zero attached hydrogens (tertiary/aromatic N) is 2. The summed E-state index contributed by atoms with van der Waals surface area (Å²) in [5.41, 5.74) is -0.310. The first kappa shape index (κ1) is 20.0. The topological polar surface area (TPSA) is 133 Å². The Morgan fingerprint density at radius 3 is 2.46 bits per heavy atom. The third-order valence-electron chi connectivity index (χ3n) is 3.88. The lowest BCUT2D eigenvalue weighted by Crippen LogP contribution is -2.45. The predicted molar refractivity (Wildman–Crippen MR) is 99.3 cm³/mol. The maximum absolute atomic E-state index is 13.1. The van der Waals surface area contributed by atoms with Crippen molar-refractivity contribution in [3.05, 3.63) is 58.6 Å². The van der Waals surface area contributed by atoms with E-state index in [9.17, 15) is 26.9 Å². The third-order valence-corrected chi connectivity index (χ3v) is 6.24. The molecule has 0 aliphatic carbocycles. The van der Waals surface area contributed by atoms with Crippen molar-refractivity contribution in [1.82, 2.24) is 0 Å². The standard InChI is InChI=1S/C16H16N2O8S2/c1-27(21,22)25-11-13-10-17(28(23,24)14-5-3-2-4-6-14)15-9-12(18(19)20)7-8-16(15)26-13/h2-9,13H,10-11H2,1H3. The van der Waals surface area contributed by atoms with Gasteiger partial charge in [0, 0.05) is 12.1 Å². The maximum Gasteiger partial charge on any atom is 0.271 e. The zero-order valence-electron chi connectivity index (χ0n) is 14.6. The Morgan fingerprint density at radius 2 is 1.86 bits per heavy atom. The molecule has 1 unspecified atom stereocenters. The van der Waals surface area contributed by atoms with Gasteiger partial charge in [-0.25, -0.2) is 8.42 Å². The van der Waals surface area contributed by atoms with E-state index in [0.29, 0.717) is 0 Å². The Balaban J connectivity index is 2.05. The fourth-order valence-corrected chi connectivity index (χ4v) is 4.57. The summed E-state index contributed by atoms with van der Waals surface area (Å²) in [6.45, 7) is -0.684. The van der Waals surface area contributed by atoms with Crippen molar-refractivity contribution in [3.8, 4) is 5.75 Å². The van der Waals surface area contributed by atoms with E-state index in [0.717, 1.165) is 16.6 Å². The molecule has 0 saturated carbocycles. The van der Waals surface area contributed by atoms with Gasteiger partial charge in [-0.1, -0.05) is 18.2 Å². The van der Waals surface area contributed by atoms with Crippen LogP contribution in [0.4, 0.5) is 11.4 Å². The van der Waals surface area contributed by atoms with Crippen LogP contribution >= 0.6 is 0 Å². The minimum atomic E-state index is -4.08. The summed E-state index contributed by atoms with van der Waals surface area (Å²) in [4.78, 5) is 10.4. The van der Waals surface area contributed by atoms with Crippen molar-refractivity contribution in [1.29, 1.82) is 0 Å². The molecule has 1 heterocycles. The Bertz CT molecular complexity index is 1100. The number of nitro groups is 1. The Kier molecular flexibility index (Phi) is 5.28. The summed E-state index contributed by atoms with van der Waals surface area (Å²) in [6, 6.07) is 11.1. The smallest absolute Gasteiger partial charge is 0.271 e. The molecule has 0 aromatic heterocycles. The number of benzene rings is 2. The lowest BCUT2D eigenvalue weighted by molar-refractivity contribution is -0.384. The highest BCUT2D eigenvalue weighted by Crippen LogP contribution is 2.39. The number of fused-ring (bicyclic) bond motifs is 1. The van der Waals surface area contributed by atoms with Gasteiger partial charge >= 0.3 is 0 Å². The monoisotopic (exact) mass is 428 g/mol. The van der Waals surface area contributed by atoms with Crippen molar-refractivity contribution in [3.63, 3.8) is 0 Å². The number of hydrogen-bond donors (Lipinski definition) is 0. The largest absolute Gasteiger partial charge is 0.484 e. The van der Waals surface area contributed by atoms with Crippen LogP contribution in [-0.4, -0.2) is 47.3 Å². The fraction of sp³-hybridized carbons (Fsp3) is 0.250. The summed E-state index contributed by atoms with van der Waals surface area (Å²) < 4.78 is 60.0. The average molecular weight is 428 g/mol. The molecule has 2 aromatic rings. The molecular formula is C16H16N2O8S2. The number of anilines is 1. The van der Waals surface area contributed by atoms with Gasteiger partial charge in [-0.15, -0.1) is 0 Å². The van der Waals surface area contributed by atoms with Gasteiger partial charge in [-0.2, -0.15) is 8.42 Å². The summed E-state index contributed by atoms with van der Waals surface area (Å²) in [7, 11) is -7.84. The molecule has 3 rings (SSSR count). The van der Waals surface area contributed by atoms with Crippen molar-refractivity contribution in [2.24, 2.45) is 0 Å². The van der Waals surface area contributed by atoms with Crippen molar-refractivity contribution in [2.75, 3.05) is 23.7 Å². The van der Waals surface area contributed by atoms with Crippen LogP contribution in [0.15, 0.2) is 53.4 Å². The van der Waals surface area contributed by atoms with Crippen LogP contribution < -0.4 is 9.04 Å². The molecule has 1 aliphatic heterocycles. The molecule has 0 fully saturated rings. The Labute approximate surface area is 161 Å². The summed E-state index contributed by atoms with van der Waals surface area (Å²) in [5, 5.41) is 11.1. The summed E-state index contributed by atoms with van der Waals surface area (Å²) in [5.74, 6) is 0.0680. The minimum Gasteiger partial charge on any atom is -0.484 e. The molecule has 150 valence electrons. The van der Waals surface area contributed by atoms with E-state index in [4.69, 9.17) is 8.92 Å². The molecule has 10 nitrogen and oxygen atoms in total. The summed E-state index contributed by atoms with van der Waals surface area (Å²) in [6.07, 6.45) is -0.0619. The van der Waals surface area contributed by atoms with Crippen molar-refractivity contribution >= 4 is 31.5 Å². The van der Waals surface area contributed by atoms with Gasteiger partial charge in [0.1, 0.15) is 24.1 Å². The van der Waals surface area contributed by atoms with Crippen molar-refractivity contribution < 1.29 is 30.7 Å². The van der Waals surface area contributed by atoms with Crippen LogP contribution in [0.3, 0.4) is 0 Å². The quantitative estimate of drug-likeness (QED) is 0.384. The van der Waals surface area contributed by atoms with Gasteiger partial charge in [0.2, 0.25) is 0 Å². The normalized spacial score (nSPS) is 16.9. The highest BCUT2D eigenvalue weighted by Gasteiger charge is 2.36. The molecule has 1 aliphatic rings. The van der Waals surface area contributed by atoms with Crippen LogP contribution in [0, 0.1) is 10.1 Å². The van der Waals surface area contributed by atoms with Gasteiger partial charge in [0.15, 0.2) is 0 Å². The molecule has 0 N–H and O–H groups in total. The first-order chi connectivity index (χ1) is 13.1. The lowest BCUT2D eigenvalue weighted by atomic mass is 10.2. The van der Waals surface area contributed by atoms with Gasteiger partial charge in [-0.05, 0) is 18.2 Å². The molecule has 12 heteroatoms. The zero-order chi connectivity index (χ0) is 20.5. The maximum atomic E-state index is 13.1. The van der Waals surface area contributed by atoms with Crippen LogP contribution in [0.5, 0.6) is 5.75 Å². The highest BCUT2D eigenvalue weighted by molar-refractivity contribution is 7.92. The second-order valence-corrected chi connectivity index (χ2v) is 9.49. The van der Waals surface area contributed by atoms with Crippen LogP contribution in [0.25, 0.3) is 0 Å². The predicted octanol–water partition coefficient (Wildman–Crippen LogP) is 1.53. The molecule has 2 aromatic carbocycles. The van der Waals surface area contributed by atoms with Crippen LogP contribution in [0.1, 0.15) is 0 Å². The van der Waals surface area contributed by atoms with E-state index in [2.05, 4.69) is 0 Å². The molecule has 1 atom stereocenters. The molecule has 28 heavy (non-hydrogen) atoms. The molecule has 0 radical (unpaired) electrons. The number of rotatable bonds is 6. The van der Waals surface area contributed by atoms with E-state index in [1.165, 1.54) is 24.3 Å². The van der Waals surface area contributed by atoms with E-state index in [1.54, 1.807) is 18.2 Å². The Hall–Kier alpha value is -2.70. The molecular weight excluding hydrogens is 412 g/mol. The zero-order valence-corrected chi connectivity index (χ0v) is 16.2. The Morgan fingerprint density at radius 1 is 1.18 bits per heavy atom. The molecule has 0 saturated heterocycles. The first-order valence-electron chi connectivity index (χ1n) is 7.95. The van der Waals surface area contributed by atoms with Crippen LogP contribution in [-0.2, 0) is 24.3 Å². The lowest BCUT2D eigenvalue weighted by Gasteiger charge is -2.35. The van der Waals surface area contributed by atoms with E-state index < -0.39 is 37.8 Å². The minimum absolute atomic E-state index is 0.00587. The number of nitro benzene ring substituents is 1. The number of non-ortho nitro benzene ring substituents is 1. The average Bonchev–Trinajstić information content (AvgIpc) is 2.65. The SMILES string of the molecule is CS(=O)(=O)OCC1CN(S(=O)(=O)c2ccccc2)c2cc([N+](=O)[O-])ccc2O1. The fourth-order valence-electron chi connectivity index (χ4n) is 2.65. The van der Waals surface area contributed by atoms with E-state index >= 15 is 0 Å².